The van der Waals surface area contributed by atoms with E-state index in [9.17, 15) is 0 Å². The summed E-state index contributed by atoms with van der Waals surface area (Å²) in [5, 5.41) is 0.0360. The maximum atomic E-state index is 5.70. The largest absolute Gasteiger partial charge is 0.467 e. The van der Waals surface area contributed by atoms with Crippen molar-refractivity contribution in [2.75, 3.05) is 13.7 Å². The Labute approximate surface area is 115 Å². The normalized spacial score (nSPS) is 10.6. The highest BCUT2D eigenvalue weighted by Gasteiger charge is 2.04. The van der Waals surface area contributed by atoms with E-state index in [1.807, 2.05) is 42.5 Å². The van der Waals surface area contributed by atoms with Crippen molar-refractivity contribution in [2.24, 2.45) is 0 Å². The Morgan fingerprint density at radius 2 is 1.84 bits per heavy atom. The molecule has 5 nitrogen and oxygen atoms in total. The fourth-order valence-electron chi connectivity index (χ4n) is 1.34. The van der Waals surface area contributed by atoms with Crippen molar-refractivity contribution in [3.05, 3.63) is 47.3 Å². The molecule has 98 valence electrons. The van der Waals surface area contributed by atoms with Crippen molar-refractivity contribution in [1.82, 2.24) is 15.0 Å². The van der Waals surface area contributed by atoms with Gasteiger partial charge in [-0.15, -0.1) is 4.98 Å². The van der Waals surface area contributed by atoms with Gasteiger partial charge in [0.25, 0.3) is 0 Å². The molecule has 0 aliphatic heterocycles. The maximum absolute atomic E-state index is 5.70. The van der Waals surface area contributed by atoms with Gasteiger partial charge in [-0.1, -0.05) is 36.4 Å². The van der Waals surface area contributed by atoms with Crippen LogP contribution in [0, 0.1) is 0 Å². The number of halogens is 1. The fraction of sp³-hybridized carbons (Fsp3) is 0.154. The summed E-state index contributed by atoms with van der Waals surface area (Å²) in [7, 11) is 1.45. The molecule has 0 N–H and O–H groups in total. The van der Waals surface area contributed by atoms with Crippen LogP contribution in [0.25, 0.3) is 6.08 Å². The van der Waals surface area contributed by atoms with Crippen LogP contribution < -0.4 is 9.47 Å². The predicted molar refractivity (Wildman–Crippen MR) is 72.4 cm³/mol. The zero-order chi connectivity index (χ0) is 13.5. The van der Waals surface area contributed by atoms with Gasteiger partial charge in [0.2, 0.25) is 5.28 Å². The van der Waals surface area contributed by atoms with E-state index in [1.165, 1.54) is 7.11 Å². The van der Waals surface area contributed by atoms with Gasteiger partial charge < -0.3 is 9.47 Å². The molecule has 0 aliphatic rings. The lowest BCUT2D eigenvalue weighted by Gasteiger charge is -2.02. The van der Waals surface area contributed by atoms with Gasteiger partial charge in [0, 0.05) is 0 Å². The van der Waals surface area contributed by atoms with E-state index in [0.717, 1.165) is 5.56 Å². The van der Waals surface area contributed by atoms with E-state index < -0.39 is 0 Å². The minimum absolute atomic E-state index is 0.0360. The van der Waals surface area contributed by atoms with Gasteiger partial charge in [-0.2, -0.15) is 9.97 Å². The second kappa shape index (κ2) is 6.70. The number of methoxy groups -OCH3 is 1. The predicted octanol–water partition coefficient (Wildman–Crippen LogP) is 2.63. The lowest BCUT2D eigenvalue weighted by Crippen LogP contribution is -2.02. The second-order valence-electron chi connectivity index (χ2n) is 3.50. The first-order valence-corrected chi connectivity index (χ1v) is 5.95. The summed E-state index contributed by atoms with van der Waals surface area (Å²) in [6, 6.07) is 10.2. The van der Waals surface area contributed by atoms with Crippen LogP contribution in [0.1, 0.15) is 5.56 Å². The van der Waals surface area contributed by atoms with Crippen molar-refractivity contribution >= 4 is 17.7 Å². The summed E-state index contributed by atoms with van der Waals surface area (Å²) >= 11 is 5.70. The minimum atomic E-state index is 0.0360. The molecule has 2 aromatic rings. The van der Waals surface area contributed by atoms with E-state index >= 15 is 0 Å². The molecule has 1 aromatic heterocycles. The molecule has 0 spiro atoms. The van der Waals surface area contributed by atoms with Gasteiger partial charge in [0.15, 0.2) is 0 Å². The third-order valence-electron chi connectivity index (χ3n) is 2.17. The molecule has 0 fully saturated rings. The third kappa shape index (κ3) is 4.22. The Kier molecular flexibility index (Phi) is 4.69. The van der Waals surface area contributed by atoms with Crippen LogP contribution >= 0.6 is 11.6 Å². The third-order valence-corrected chi connectivity index (χ3v) is 2.34. The summed E-state index contributed by atoms with van der Waals surface area (Å²) in [5.74, 6) is 0. The standard InChI is InChI=1S/C13H12ClN3O2/c1-18-12-15-11(14)16-13(17-12)19-9-5-8-10-6-3-2-4-7-10/h2-8H,9H2,1H3. The van der Waals surface area contributed by atoms with Crippen molar-refractivity contribution in [1.29, 1.82) is 0 Å². The minimum Gasteiger partial charge on any atom is -0.467 e. The van der Waals surface area contributed by atoms with E-state index in [1.54, 1.807) is 0 Å². The molecule has 0 saturated carbocycles. The van der Waals surface area contributed by atoms with E-state index in [0.29, 0.717) is 6.61 Å². The van der Waals surface area contributed by atoms with Gasteiger partial charge in [-0.05, 0) is 23.2 Å². The molecular weight excluding hydrogens is 266 g/mol. The maximum Gasteiger partial charge on any atom is 0.324 e. The molecule has 0 amide bonds. The summed E-state index contributed by atoms with van der Waals surface area (Å²) < 4.78 is 10.2. The number of rotatable bonds is 5. The number of ether oxygens (including phenoxy) is 2. The Morgan fingerprint density at radius 3 is 2.58 bits per heavy atom. The number of nitrogens with zero attached hydrogens (tertiary/aromatic N) is 3. The first kappa shape index (κ1) is 13.3. The summed E-state index contributed by atoms with van der Waals surface area (Å²) in [6.45, 7) is 0.332. The monoisotopic (exact) mass is 277 g/mol. The Hall–Kier alpha value is -2.14. The SMILES string of the molecule is COc1nc(Cl)nc(OCC=Cc2ccccc2)n1. The number of aromatic nitrogens is 3. The van der Waals surface area contributed by atoms with Crippen LogP contribution in [0.15, 0.2) is 36.4 Å². The van der Waals surface area contributed by atoms with Gasteiger partial charge in [-0.3, -0.25) is 0 Å². The topological polar surface area (TPSA) is 57.1 Å². The van der Waals surface area contributed by atoms with Crippen LogP contribution in [-0.4, -0.2) is 28.7 Å². The highest BCUT2D eigenvalue weighted by Crippen LogP contribution is 2.12. The molecule has 0 atom stereocenters. The summed E-state index contributed by atoms with van der Waals surface area (Å²) in [5.41, 5.74) is 1.09. The van der Waals surface area contributed by atoms with Crippen LogP contribution in [-0.2, 0) is 0 Å². The molecule has 0 unspecified atom stereocenters. The van der Waals surface area contributed by atoms with Crippen molar-refractivity contribution in [3.8, 4) is 12.0 Å². The molecule has 19 heavy (non-hydrogen) atoms. The smallest absolute Gasteiger partial charge is 0.324 e. The molecule has 2 rings (SSSR count). The molecule has 6 heteroatoms. The molecule has 1 heterocycles. The molecule has 0 aliphatic carbocycles. The molecule has 0 radical (unpaired) electrons. The van der Waals surface area contributed by atoms with Gasteiger partial charge in [-0.25, -0.2) is 0 Å². The highest BCUT2D eigenvalue weighted by molar-refractivity contribution is 6.28. The van der Waals surface area contributed by atoms with Crippen LogP contribution in [0.2, 0.25) is 5.28 Å². The molecule has 0 saturated heterocycles. The number of benzene rings is 1. The van der Waals surface area contributed by atoms with Crippen molar-refractivity contribution < 1.29 is 9.47 Å². The Balaban J connectivity index is 1.92. The van der Waals surface area contributed by atoms with Crippen LogP contribution in [0.5, 0.6) is 12.0 Å². The van der Waals surface area contributed by atoms with Crippen molar-refractivity contribution in [2.45, 2.75) is 0 Å². The number of hydrogen-bond donors (Lipinski definition) is 0. The Morgan fingerprint density at radius 1 is 1.11 bits per heavy atom. The average molecular weight is 278 g/mol. The summed E-state index contributed by atoms with van der Waals surface area (Å²) in [6.07, 6.45) is 3.81. The number of hydrogen-bond acceptors (Lipinski definition) is 5. The Bertz CT molecular complexity index is 561. The lowest BCUT2D eigenvalue weighted by atomic mass is 10.2. The van der Waals surface area contributed by atoms with E-state index in [4.69, 9.17) is 21.1 Å². The quantitative estimate of drug-likeness (QED) is 0.841. The van der Waals surface area contributed by atoms with Gasteiger partial charge in [0.05, 0.1) is 7.11 Å². The van der Waals surface area contributed by atoms with Crippen LogP contribution in [0.3, 0.4) is 0 Å². The first-order valence-electron chi connectivity index (χ1n) is 5.58. The highest BCUT2D eigenvalue weighted by atomic mass is 35.5. The summed E-state index contributed by atoms with van der Waals surface area (Å²) in [4.78, 5) is 11.5. The molecule has 0 bridgehead atoms. The lowest BCUT2D eigenvalue weighted by molar-refractivity contribution is 0.313. The zero-order valence-corrected chi connectivity index (χ0v) is 11.0. The zero-order valence-electron chi connectivity index (χ0n) is 10.3. The van der Waals surface area contributed by atoms with Crippen LogP contribution in [0.4, 0.5) is 0 Å². The van der Waals surface area contributed by atoms with Gasteiger partial charge in [0.1, 0.15) is 6.61 Å². The van der Waals surface area contributed by atoms with Crippen molar-refractivity contribution in [3.63, 3.8) is 0 Å². The fourth-order valence-corrected chi connectivity index (χ4v) is 1.49. The van der Waals surface area contributed by atoms with E-state index in [-0.39, 0.29) is 17.3 Å². The first-order chi connectivity index (χ1) is 9.28. The molecular formula is C13H12ClN3O2. The second-order valence-corrected chi connectivity index (χ2v) is 3.84. The molecule has 1 aromatic carbocycles. The van der Waals surface area contributed by atoms with E-state index in [2.05, 4.69) is 15.0 Å². The average Bonchev–Trinajstić information content (AvgIpc) is 2.44. The van der Waals surface area contributed by atoms with Gasteiger partial charge >= 0.3 is 12.0 Å².